The maximum absolute atomic E-state index is 11.8. The highest BCUT2D eigenvalue weighted by Crippen LogP contribution is 2.17. The Hall–Kier alpha value is -2.05. The van der Waals surface area contributed by atoms with Crippen LogP contribution in [0.3, 0.4) is 0 Å². The number of ether oxygens (including phenoxy) is 1. The molecule has 7 heteroatoms. The summed E-state index contributed by atoms with van der Waals surface area (Å²) >= 11 is 0. The van der Waals surface area contributed by atoms with Crippen molar-refractivity contribution in [3.05, 3.63) is 11.4 Å². The number of amides is 1. The second kappa shape index (κ2) is 5.07. The molecular weight excluding hydrogens is 236 g/mol. The molecule has 0 radical (unpaired) electrons. The van der Waals surface area contributed by atoms with Gasteiger partial charge in [0.2, 0.25) is 0 Å². The molecule has 1 aromatic heterocycles. The minimum absolute atomic E-state index is 0.133. The molecule has 4 N–H and O–H groups in total. The fourth-order valence-corrected chi connectivity index (χ4v) is 1.34. The molecule has 0 saturated carbocycles. The topological polar surface area (TPSA) is 110 Å². The Morgan fingerprint density at radius 1 is 1.50 bits per heavy atom. The molecule has 0 aliphatic carbocycles. The molecular formula is C11H18N4O3. The first-order chi connectivity index (χ1) is 8.29. The average Bonchev–Trinajstić information content (AvgIpc) is 2.66. The lowest BCUT2D eigenvalue weighted by molar-refractivity contribution is -0.150. The minimum Gasteiger partial charge on any atom is -0.469 e. The third-order valence-electron chi connectivity index (χ3n) is 2.64. The van der Waals surface area contributed by atoms with Crippen molar-refractivity contribution in [2.45, 2.75) is 20.8 Å². The molecule has 0 atom stereocenters. The molecule has 0 bridgehead atoms. The Morgan fingerprint density at radius 2 is 2.11 bits per heavy atom. The number of nitrogens with zero attached hydrogens (tertiary/aromatic N) is 1. The first-order valence-corrected chi connectivity index (χ1v) is 5.46. The van der Waals surface area contributed by atoms with Crippen LogP contribution in [-0.2, 0) is 9.53 Å². The van der Waals surface area contributed by atoms with Crippen LogP contribution in [0.25, 0.3) is 0 Å². The van der Waals surface area contributed by atoms with Gasteiger partial charge in [0.25, 0.3) is 5.91 Å². The summed E-state index contributed by atoms with van der Waals surface area (Å²) in [7, 11) is 1.31. The molecule has 1 heterocycles. The number of esters is 1. The quantitative estimate of drug-likeness (QED) is 0.666. The number of aryl methyl sites for hydroxylation is 1. The van der Waals surface area contributed by atoms with Crippen LogP contribution < -0.4 is 11.1 Å². The number of anilines is 1. The third-order valence-corrected chi connectivity index (χ3v) is 2.64. The van der Waals surface area contributed by atoms with E-state index >= 15 is 0 Å². The van der Waals surface area contributed by atoms with Gasteiger partial charge in [0.05, 0.1) is 23.9 Å². The number of carbonyl (C=O) groups is 2. The van der Waals surface area contributed by atoms with E-state index in [2.05, 4.69) is 20.3 Å². The summed E-state index contributed by atoms with van der Waals surface area (Å²) in [5, 5.41) is 9.03. The zero-order chi connectivity index (χ0) is 13.9. The van der Waals surface area contributed by atoms with E-state index in [1.807, 2.05) is 0 Å². The molecule has 100 valence electrons. The molecule has 0 spiro atoms. The first kappa shape index (κ1) is 14.0. The second-order valence-electron chi connectivity index (χ2n) is 4.67. The maximum Gasteiger partial charge on any atom is 0.313 e. The number of rotatable bonds is 4. The highest BCUT2D eigenvalue weighted by molar-refractivity contribution is 5.97. The number of methoxy groups -OCH3 is 1. The number of carbonyl (C=O) groups excluding carboxylic acids is 2. The van der Waals surface area contributed by atoms with Crippen molar-refractivity contribution in [1.82, 2.24) is 15.5 Å². The molecule has 1 rings (SSSR count). The summed E-state index contributed by atoms with van der Waals surface area (Å²) in [6, 6.07) is 0. The lowest BCUT2D eigenvalue weighted by Crippen LogP contribution is -2.39. The lowest BCUT2D eigenvalue weighted by atomic mass is 9.94. The molecule has 7 nitrogen and oxygen atoms in total. The molecule has 1 amide bonds. The van der Waals surface area contributed by atoms with Gasteiger partial charge in [0, 0.05) is 6.54 Å². The van der Waals surface area contributed by atoms with Crippen LogP contribution in [0.15, 0.2) is 0 Å². The molecule has 0 aliphatic rings. The molecule has 0 unspecified atom stereocenters. The Morgan fingerprint density at radius 3 is 2.56 bits per heavy atom. The normalized spacial score (nSPS) is 11.1. The Labute approximate surface area is 105 Å². The van der Waals surface area contributed by atoms with E-state index in [0.29, 0.717) is 11.4 Å². The minimum atomic E-state index is -0.801. The van der Waals surface area contributed by atoms with Gasteiger partial charge in [0.15, 0.2) is 5.69 Å². The van der Waals surface area contributed by atoms with Crippen LogP contribution in [0.2, 0.25) is 0 Å². The monoisotopic (exact) mass is 254 g/mol. The smallest absolute Gasteiger partial charge is 0.313 e. The molecule has 0 saturated heterocycles. The number of aromatic amines is 1. The highest BCUT2D eigenvalue weighted by Gasteiger charge is 2.29. The van der Waals surface area contributed by atoms with E-state index in [1.54, 1.807) is 20.8 Å². The Kier molecular flexibility index (Phi) is 3.95. The third kappa shape index (κ3) is 2.79. The molecule has 0 aromatic carbocycles. The van der Waals surface area contributed by atoms with Crippen LogP contribution in [0.5, 0.6) is 0 Å². The van der Waals surface area contributed by atoms with Crippen molar-refractivity contribution in [1.29, 1.82) is 0 Å². The molecule has 0 aliphatic heterocycles. The lowest BCUT2D eigenvalue weighted by Gasteiger charge is -2.21. The number of H-pyrrole nitrogens is 1. The van der Waals surface area contributed by atoms with Crippen molar-refractivity contribution in [3.63, 3.8) is 0 Å². The Balaban J connectivity index is 2.67. The van der Waals surface area contributed by atoms with Gasteiger partial charge in [-0.1, -0.05) is 0 Å². The van der Waals surface area contributed by atoms with Crippen LogP contribution in [0.1, 0.15) is 30.0 Å². The number of hydrogen-bond donors (Lipinski definition) is 3. The van der Waals surface area contributed by atoms with Gasteiger partial charge in [-0.25, -0.2) is 0 Å². The fraction of sp³-hybridized carbons (Fsp3) is 0.545. The van der Waals surface area contributed by atoms with Crippen molar-refractivity contribution in [2.75, 3.05) is 19.4 Å². The predicted octanol–water partition coefficient (Wildman–Crippen LogP) is 0.229. The Bertz CT molecular complexity index is 465. The zero-order valence-electron chi connectivity index (χ0n) is 11.0. The molecule has 1 aromatic rings. The average molecular weight is 254 g/mol. The number of nitrogens with two attached hydrogens (primary N) is 1. The van der Waals surface area contributed by atoms with Crippen LogP contribution in [0.4, 0.5) is 5.69 Å². The fourth-order valence-electron chi connectivity index (χ4n) is 1.34. The van der Waals surface area contributed by atoms with Gasteiger partial charge in [-0.2, -0.15) is 5.10 Å². The van der Waals surface area contributed by atoms with Crippen molar-refractivity contribution in [3.8, 4) is 0 Å². The number of nitrogens with one attached hydrogen (secondary N) is 2. The molecule has 0 fully saturated rings. The van der Waals surface area contributed by atoms with Crippen molar-refractivity contribution in [2.24, 2.45) is 5.41 Å². The zero-order valence-corrected chi connectivity index (χ0v) is 11.0. The van der Waals surface area contributed by atoms with Gasteiger partial charge >= 0.3 is 5.97 Å². The summed E-state index contributed by atoms with van der Waals surface area (Å²) in [6.07, 6.45) is 0. The second-order valence-corrected chi connectivity index (χ2v) is 4.67. The summed E-state index contributed by atoms with van der Waals surface area (Å²) in [4.78, 5) is 23.2. The number of aromatic nitrogens is 2. The van der Waals surface area contributed by atoms with E-state index in [4.69, 9.17) is 5.73 Å². The number of nitrogen functional groups attached to an aromatic ring is 1. The van der Waals surface area contributed by atoms with Crippen LogP contribution >= 0.6 is 0 Å². The summed E-state index contributed by atoms with van der Waals surface area (Å²) < 4.78 is 4.64. The van der Waals surface area contributed by atoms with E-state index in [9.17, 15) is 9.59 Å². The SMILES string of the molecule is COC(=O)C(C)(C)CNC(=O)c1n[nH]c(C)c1N. The van der Waals surface area contributed by atoms with Gasteiger partial charge in [0.1, 0.15) is 0 Å². The predicted molar refractivity (Wildman–Crippen MR) is 65.9 cm³/mol. The van der Waals surface area contributed by atoms with Crippen LogP contribution in [-0.4, -0.2) is 35.7 Å². The summed E-state index contributed by atoms with van der Waals surface area (Å²) in [5.74, 6) is -0.817. The number of hydrogen-bond acceptors (Lipinski definition) is 5. The standard InChI is InChI=1S/C11H18N4O3/c1-6-7(12)8(15-14-6)9(16)13-5-11(2,3)10(17)18-4/h5,12H2,1-4H3,(H,13,16)(H,14,15). The first-order valence-electron chi connectivity index (χ1n) is 5.46. The highest BCUT2D eigenvalue weighted by atomic mass is 16.5. The summed E-state index contributed by atoms with van der Waals surface area (Å²) in [6.45, 7) is 5.22. The van der Waals surface area contributed by atoms with E-state index in [-0.39, 0.29) is 12.2 Å². The largest absolute Gasteiger partial charge is 0.469 e. The van der Waals surface area contributed by atoms with Crippen molar-refractivity contribution < 1.29 is 14.3 Å². The summed E-state index contributed by atoms with van der Waals surface area (Å²) in [5.41, 5.74) is 5.95. The van der Waals surface area contributed by atoms with E-state index in [0.717, 1.165) is 0 Å². The maximum atomic E-state index is 11.8. The molecule has 18 heavy (non-hydrogen) atoms. The van der Waals surface area contributed by atoms with Gasteiger partial charge in [-0.05, 0) is 20.8 Å². The van der Waals surface area contributed by atoms with Gasteiger partial charge < -0.3 is 15.8 Å². The van der Waals surface area contributed by atoms with E-state index in [1.165, 1.54) is 7.11 Å². The van der Waals surface area contributed by atoms with Crippen LogP contribution in [0, 0.1) is 12.3 Å². The van der Waals surface area contributed by atoms with Crippen molar-refractivity contribution >= 4 is 17.6 Å². The van der Waals surface area contributed by atoms with Gasteiger partial charge in [-0.15, -0.1) is 0 Å². The van der Waals surface area contributed by atoms with Gasteiger partial charge in [-0.3, -0.25) is 14.7 Å². The van der Waals surface area contributed by atoms with E-state index < -0.39 is 17.3 Å².